The molecule has 4 aromatic rings. The van der Waals surface area contributed by atoms with Crippen LogP contribution in [0.25, 0.3) is 28.0 Å². The van der Waals surface area contributed by atoms with Crippen molar-refractivity contribution < 1.29 is 0 Å². The molecule has 4 rings (SSSR count). The molecule has 120 valence electrons. The molecular weight excluding hydrogens is 318 g/mol. The third-order valence-electron chi connectivity index (χ3n) is 3.51. The monoisotopic (exact) mass is 329 g/mol. The smallest absolute Gasteiger partial charge is 0.216 e. The SMILES string of the molecule is N#CC(=CNc1ccc2nc(-c3cccnc3)[nH]c2c1)c1nn[nH]n1. The molecule has 0 saturated heterocycles. The fourth-order valence-electron chi connectivity index (χ4n) is 2.32. The minimum absolute atomic E-state index is 0.233. The van der Waals surface area contributed by atoms with Crippen molar-refractivity contribution in [3.63, 3.8) is 0 Å². The Morgan fingerprint density at radius 3 is 3.00 bits per heavy atom. The molecule has 0 radical (unpaired) electrons. The molecule has 0 fully saturated rings. The number of allylic oxidation sites excluding steroid dienone is 1. The standard InChI is InChI=1S/C16H11N9/c17-7-11(16-22-24-25-23-16)9-19-12-3-4-13-14(6-12)21-15(20-13)10-2-1-5-18-8-10/h1-6,8-9,19H,(H,20,21)(H,22,23,24,25). The maximum Gasteiger partial charge on any atom is 0.216 e. The van der Waals surface area contributed by atoms with Gasteiger partial charge in [-0.3, -0.25) is 4.98 Å². The minimum Gasteiger partial charge on any atom is -0.360 e. The maximum atomic E-state index is 9.17. The summed E-state index contributed by atoms with van der Waals surface area (Å²) in [7, 11) is 0. The molecule has 0 amide bonds. The van der Waals surface area contributed by atoms with E-state index in [0.717, 1.165) is 28.1 Å². The predicted molar refractivity (Wildman–Crippen MR) is 90.7 cm³/mol. The second-order valence-electron chi connectivity index (χ2n) is 5.11. The molecule has 0 aliphatic carbocycles. The number of nitriles is 1. The van der Waals surface area contributed by atoms with E-state index in [2.05, 4.69) is 40.9 Å². The highest BCUT2D eigenvalue weighted by atomic mass is 15.5. The van der Waals surface area contributed by atoms with E-state index in [1.807, 2.05) is 36.4 Å². The van der Waals surface area contributed by atoms with Gasteiger partial charge in [-0.1, -0.05) is 0 Å². The van der Waals surface area contributed by atoms with E-state index in [4.69, 9.17) is 0 Å². The number of nitrogens with zero attached hydrogens (tertiary/aromatic N) is 6. The van der Waals surface area contributed by atoms with Crippen molar-refractivity contribution in [3.8, 4) is 17.5 Å². The van der Waals surface area contributed by atoms with Crippen LogP contribution in [0.2, 0.25) is 0 Å². The first-order valence-corrected chi connectivity index (χ1v) is 7.34. The number of rotatable bonds is 4. The summed E-state index contributed by atoms with van der Waals surface area (Å²) < 4.78 is 0. The van der Waals surface area contributed by atoms with Gasteiger partial charge in [0.1, 0.15) is 17.5 Å². The van der Waals surface area contributed by atoms with Crippen LogP contribution in [0.3, 0.4) is 0 Å². The van der Waals surface area contributed by atoms with E-state index in [-0.39, 0.29) is 11.4 Å². The molecule has 3 heterocycles. The Morgan fingerprint density at radius 2 is 2.24 bits per heavy atom. The van der Waals surface area contributed by atoms with Crippen molar-refractivity contribution in [1.82, 2.24) is 35.6 Å². The van der Waals surface area contributed by atoms with Crippen molar-refractivity contribution in [2.45, 2.75) is 0 Å². The van der Waals surface area contributed by atoms with Crippen molar-refractivity contribution in [3.05, 3.63) is 54.7 Å². The summed E-state index contributed by atoms with van der Waals surface area (Å²) in [5, 5.41) is 25.6. The molecule has 0 saturated carbocycles. The molecule has 0 atom stereocenters. The second kappa shape index (κ2) is 6.21. The van der Waals surface area contributed by atoms with Crippen LogP contribution in [0.1, 0.15) is 5.82 Å². The molecule has 9 nitrogen and oxygen atoms in total. The van der Waals surface area contributed by atoms with Gasteiger partial charge in [-0.25, -0.2) is 4.98 Å². The zero-order valence-electron chi connectivity index (χ0n) is 12.8. The highest BCUT2D eigenvalue weighted by Gasteiger charge is 2.07. The normalized spacial score (nSPS) is 11.4. The number of imidazole rings is 1. The van der Waals surface area contributed by atoms with E-state index in [1.54, 1.807) is 12.4 Å². The molecule has 3 aromatic heterocycles. The van der Waals surface area contributed by atoms with Crippen LogP contribution < -0.4 is 5.32 Å². The highest BCUT2D eigenvalue weighted by Crippen LogP contribution is 2.22. The summed E-state index contributed by atoms with van der Waals surface area (Å²) in [5.41, 5.74) is 3.69. The van der Waals surface area contributed by atoms with Gasteiger partial charge in [0.2, 0.25) is 5.82 Å². The van der Waals surface area contributed by atoms with Gasteiger partial charge in [0, 0.05) is 29.8 Å². The molecule has 1 aromatic carbocycles. The molecule has 0 aliphatic rings. The average Bonchev–Trinajstić information content (AvgIpc) is 3.32. The molecule has 25 heavy (non-hydrogen) atoms. The van der Waals surface area contributed by atoms with Gasteiger partial charge in [0.25, 0.3) is 0 Å². The van der Waals surface area contributed by atoms with E-state index in [0.29, 0.717) is 0 Å². The van der Waals surface area contributed by atoms with Gasteiger partial charge in [-0.05, 0) is 35.5 Å². The van der Waals surface area contributed by atoms with Crippen molar-refractivity contribution >= 4 is 22.3 Å². The number of aromatic nitrogens is 7. The van der Waals surface area contributed by atoms with Gasteiger partial charge < -0.3 is 10.3 Å². The first kappa shape index (κ1) is 14.5. The molecule has 0 bridgehead atoms. The van der Waals surface area contributed by atoms with Crippen molar-refractivity contribution in [2.75, 3.05) is 5.32 Å². The third kappa shape index (κ3) is 2.91. The Morgan fingerprint density at radius 1 is 1.28 bits per heavy atom. The lowest BCUT2D eigenvalue weighted by molar-refractivity contribution is 0.881. The Bertz CT molecular complexity index is 1070. The number of H-pyrrole nitrogens is 2. The Kier molecular flexibility index (Phi) is 3.61. The summed E-state index contributed by atoms with van der Waals surface area (Å²) in [4.78, 5) is 11.9. The van der Waals surface area contributed by atoms with Crippen molar-refractivity contribution in [1.29, 1.82) is 5.26 Å². The number of fused-ring (bicyclic) bond motifs is 1. The number of tetrazole rings is 1. The quantitative estimate of drug-likeness (QED) is 0.488. The predicted octanol–water partition coefficient (Wildman–Crippen LogP) is 2.11. The summed E-state index contributed by atoms with van der Waals surface area (Å²) in [6.07, 6.45) is 5.01. The fraction of sp³-hybridized carbons (Fsp3) is 0. The van der Waals surface area contributed by atoms with Crippen molar-refractivity contribution in [2.24, 2.45) is 0 Å². The van der Waals surface area contributed by atoms with E-state index in [9.17, 15) is 5.26 Å². The van der Waals surface area contributed by atoms with Crippen LogP contribution in [0.4, 0.5) is 5.69 Å². The Hall–Kier alpha value is -4.06. The summed E-state index contributed by atoms with van der Waals surface area (Å²) in [6.45, 7) is 0. The third-order valence-corrected chi connectivity index (χ3v) is 3.51. The van der Waals surface area contributed by atoms with Crippen LogP contribution in [0.15, 0.2) is 48.9 Å². The van der Waals surface area contributed by atoms with Gasteiger partial charge in [0.15, 0.2) is 0 Å². The van der Waals surface area contributed by atoms with Crippen LogP contribution >= 0.6 is 0 Å². The molecule has 3 N–H and O–H groups in total. The van der Waals surface area contributed by atoms with Gasteiger partial charge in [-0.2, -0.15) is 10.5 Å². The molecule has 9 heteroatoms. The molecule has 0 aliphatic heterocycles. The lowest BCUT2D eigenvalue weighted by Gasteiger charge is -2.00. The average molecular weight is 329 g/mol. The van der Waals surface area contributed by atoms with Crippen LogP contribution in [0, 0.1) is 11.3 Å². The molecule has 0 spiro atoms. The summed E-state index contributed by atoms with van der Waals surface area (Å²) in [6, 6.07) is 11.5. The van der Waals surface area contributed by atoms with Crippen LogP contribution in [0.5, 0.6) is 0 Å². The van der Waals surface area contributed by atoms with Crippen LogP contribution in [-0.2, 0) is 0 Å². The second-order valence-corrected chi connectivity index (χ2v) is 5.11. The Balaban J connectivity index is 1.62. The summed E-state index contributed by atoms with van der Waals surface area (Å²) >= 11 is 0. The van der Waals surface area contributed by atoms with E-state index >= 15 is 0 Å². The minimum atomic E-state index is 0.233. The number of hydrogen-bond acceptors (Lipinski definition) is 7. The van der Waals surface area contributed by atoms with Gasteiger partial charge >= 0.3 is 0 Å². The van der Waals surface area contributed by atoms with Crippen LogP contribution in [-0.4, -0.2) is 35.6 Å². The number of nitrogens with one attached hydrogen (secondary N) is 3. The first-order chi connectivity index (χ1) is 12.3. The number of anilines is 1. The molecular formula is C16H11N9. The topological polar surface area (TPSA) is 132 Å². The first-order valence-electron chi connectivity index (χ1n) is 7.34. The number of pyridine rings is 1. The number of aromatic amines is 2. The van der Waals surface area contributed by atoms with E-state index in [1.165, 1.54) is 6.20 Å². The van der Waals surface area contributed by atoms with Gasteiger partial charge in [0.05, 0.1) is 11.0 Å². The lowest BCUT2D eigenvalue weighted by Crippen LogP contribution is -1.92. The highest BCUT2D eigenvalue weighted by molar-refractivity contribution is 5.83. The zero-order valence-corrected chi connectivity index (χ0v) is 12.8. The number of hydrogen-bond donors (Lipinski definition) is 3. The largest absolute Gasteiger partial charge is 0.360 e. The lowest BCUT2D eigenvalue weighted by atomic mass is 10.2. The van der Waals surface area contributed by atoms with E-state index < -0.39 is 0 Å². The Labute approximate surface area is 141 Å². The summed E-state index contributed by atoms with van der Waals surface area (Å²) in [5.74, 6) is 0.983. The zero-order chi connectivity index (χ0) is 17.1. The van der Waals surface area contributed by atoms with Gasteiger partial charge in [-0.15, -0.1) is 10.2 Å². The molecule has 0 unspecified atom stereocenters. The number of benzene rings is 1. The maximum absolute atomic E-state index is 9.17. The fourth-order valence-corrected chi connectivity index (χ4v) is 2.32.